The maximum absolute atomic E-state index is 13.4. The monoisotopic (exact) mass is 515 g/mol. The van der Waals surface area contributed by atoms with Gasteiger partial charge in [0.1, 0.15) is 17.3 Å². The van der Waals surface area contributed by atoms with Crippen LogP contribution in [0.15, 0.2) is 48.5 Å². The molecule has 0 spiro atoms. The molecule has 2 aromatic carbocycles. The number of likely N-dealkylation sites (N-methyl/N-ethyl adjacent to an activating group) is 1. The van der Waals surface area contributed by atoms with Gasteiger partial charge in [-0.25, -0.2) is 9.18 Å². The standard InChI is InChI=1S/C29H42FN3O4/c1-28(2,21-31-3)32-27(34)33-18-9-10-22(20-33)29(35,17-7-8-19-36-4)25-11-5-6-12-26(25)37-24-15-13-23(30)14-16-24/h5-6,11-16,22,31,35H,7-10,17-21H2,1-4H3,(H,32,34)/t22?,29-/m0/s1. The summed E-state index contributed by atoms with van der Waals surface area (Å²) in [6.45, 7) is 6.31. The van der Waals surface area contributed by atoms with E-state index in [2.05, 4.69) is 10.6 Å². The minimum Gasteiger partial charge on any atom is -0.457 e. The molecule has 0 bridgehead atoms. The molecule has 7 nitrogen and oxygen atoms in total. The predicted octanol–water partition coefficient (Wildman–Crippen LogP) is 5.04. The van der Waals surface area contributed by atoms with E-state index in [0.717, 1.165) is 25.7 Å². The number of piperidine rings is 1. The normalized spacial score (nSPS) is 17.8. The molecule has 1 fully saturated rings. The third kappa shape index (κ3) is 7.90. The van der Waals surface area contributed by atoms with Crippen molar-refractivity contribution in [2.24, 2.45) is 5.92 Å². The number of nitrogens with one attached hydrogen (secondary N) is 2. The number of amides is 2. The largest absolute Gasteiger partial charge is 0.457 e. The van der Waals surface area contributed by atoms with Crippen LogP contribution in [0.4, 0.5) is 9.18 Å². The molecule has 1 saturated heterocycles. The Morgan fingerprint density at radius 3 is 2.59 bits per heavy atom. The van der Waals surface area contributed by atoms with Crippen LogP contribution in [0.5, 0.6) is 11.5 Å². The highest BCUT2D eigenvalue weighted by atomic mass is 19.1. The zero-order valence-corrected chi connectivity index (χ0v) is 22.6. The number of unbranched alkanes of at least 4 members (excludes halogenated alkanes) is 1. The maximum atomic E-state index is 13.4. The molecule has 0 radical (unpaired) electrons. The van der Waals surface area contributed by atoms with Gasteiger partial charge in [0.05, 0.1) is 5.60 Å². The minimum atomic E-state index is -1.22. The van der Waals surface area contributed by atoms with Crippen LogP contribution < -0.4 is 15.4 Å². The number of hydrogen-bond acceptors (Lipinski definition) is 5. The molecule has 37 heavy (non-hydrogen) atoms. The summed E-state index contributed by atoms with van der Waals surface area (Å²) in [6.07, 6.45) is 3.66. The SMILES string of the molecule is CNCC(C)(C)NC(=O)N1CCCC([C@@](O)(CCCCOC)c2ccccc2Oc2ccc(F)cc2)C1. The second-order valence-corrected chi connectivity index (χ2v) is 10.6. The fourth-order valence-electron chi connectivity index (χ4n) is 5.15. The summed E-state index contributed by atoms with van der Waals surface area (Å²) >= 11 is 0. The van der Waals surface area contributed by atoms with Crippen molar-refractivity contribution in [1.82, 2.24) is 15.5 Å². The molecule has 8 heteroatoms. The summed E-state index contributed by atoms with van der Waals surface area (Å²) in [5.74, 6) is 0.501. The van der Waals surface area contributed by atoms with E-state index in [1.54, 1.807) is 19.2 Å². The van der Waals surface area contributed by atoms with Gasteiger partial charge in [-0.3, -0.25) is 0 Å². The summed E-state index contributed by atoms with van der Waals surface area (Å²) in [7, 11) is 3.53. The lowest BCUT2D eigenvalue weighted by Crippen LogP contribution is -2.57. The fraction of sp³-hybridized carbons (Fsp3) is 0.552. The van der Waals surface area contributed by atoms with Crippen LogP contribution in [-0.2, 0) is 10.3 Å². The van der Waals surface area contributed by atoms with Crippen molar-refractivity contribution in [3.8, 4) is 11.5 Å². The lowest BCUT2D eigenvalue weighted by Gasteiger charge is -2.44. The van der Waals surface area contributed by atoms with E-state index in [0.29, 0.717) is 49.7 Å². The molecule has 2 aromatic rings. The van der Waals surface area contributed by atoms with Gasteiger partial charge in [-0.15, -0.1) is 0 Å². The lowest BCUT2D eigenvalue weighted by atomic mass is 9.73. The third-order valence-corrected chi connectivity index (χ3v) is 7.00. The van der Waals surface area contributed by atoms with Crippen molar-refractivity contribution in [2.45, 2.75) is 57.1 Å². The van der Waals surface area contributed by atoms with Gasteiger partial charge in [0.15, 0.2) is 0 Å². The Morgan fingerprint density at radius 1 is 1.16 bits per heavy atom. The molecule has 1 aliphatic heterocycles. The van der Waals surface area contributed by atoms with Gasteiger partial charge in [0.2, 0.25) is 0 Å². The van der Waals surface area contributed by atoms with Crippen LogP contribution in [-0.4, -0.2) is 62.0 Å². The smallest absolute Gasteiger partial charge is 0.317 e. The number of aliphatic hydroxyl groups is 1. The van der Waals surface area contributed by atoms with Crippen molar-refractivity contribution < 1.29 is 23.8 Å². The Balaban J connectivity index is 1.88. The summed E-state index contributed by atoms with van der Waals surface area (Å²) < 4.78 is 24.8. The zero-order valence-electron chi connectivity index (χ0n) is 22.6. The van der Waals surface area contributed by atoms with Gasteiger partial charge in [0, 0.05) is 50.4 Å². The van der Waals surface area contributed by atoms with Gasteiger partial charge in [-0.05, 0) is 83.3 Å². The highest BCUT2D eigenvalue weighted by Gasteiger charge is 2.43. The molecule has 2 amide bonds. The minimum absolute atomic E-state index is 0.123. The molecule has 1 heterocycles. The summed E-state index contributed by atoms with van der Waals surface area (Å²) in [5.41, 5.74) is -0.936. The second kappa shape index (κ2) is 13.2. The number of methoxy groups -OCH3 is 1. The van der Waals surface area contributed by atoms with Crippen molar-refractivity contribution >= 4 is 6.03 Å². The number of carbonyl (C=O) groups is 1. The molecule has 1 aliphatic rings. The van der Waals surface area contributed by atoms with E-state index in [4.69, 9.17) is 9.47 Å². The number of carbonyl (C=O) groups excluding carboxylic acids is 1. The van der Waals surface area contributed by atoms with Crippen LogP contribution in [0, 0.1) is 11.7 Å². The number of rotatable bonds is 12. The predicted molar refractivity (Wildman–Crippen MR) is 143 cm³/mol. The topological polar surface area (TPSA) is 83.1 Å². The number of nitrogens with zero attached hydrogens (tertiary/aromatic N) is 1. The van der Waals surface area contributed by atoms with Gasteiger partial charge >= 0.3 is 6.03 Å². The highest BCUT2D eigenvalue weighted by Crippen LogP contribution is 2.44. The number of para-hydroxylation sites is 1. The van der Waals surface area contributed by atoms with Gasteiger partial charge in [0.25, 0.3) is 0 Å². The number of hydrogen-bond donors (Lipinski definition) is 3. The van der Waals surface area contributed by atoms with Crippen LogP contribution in [0.1, 0.15) is 51.5 Å². The highest BCUT2D eigenvalue weighted by molar-refractivity contribution is 5.75. The number of likely N-dealkylation sites (tertiary alicyclic amines) is 1. The van der Waals surface area contributed by atoms with Gasteiger partial charge in [-0.1, -0.05) is 18.2 Å². The summed E-state index contributed by atoms with van der Waals surface area (Å²) in [5, 5.41) is 18.6. The summed E-state index contributed by atoms with van der Waals surface area (Å²) in [4.78, 5) is 15.0. The Hall–Kier alpha value is -2.68. The van der Waals surface area contributed by atoms with Crippen molar-refractivity contribution in [3.63, 3.8) is 0 Å². The average molecular weight is 516 g/mol. The van der Waals surface area contributed by atoms with Crippen LogP contribution in [0.3, 0.4) is 0 Å². The molecule has 0 saturated carbocycles. The van der Waals surface area contributed by atoms with E-state index >= 15 is 0 Å². The van der Waals surface area contributed by atoms with Gasteiger partial charge < -0.3 is 30.1 Å². The zero-order chi connectivity index (χ0) is 26.9. The summed E-state index contributed by atoms with van der Waals surface area (Å²) in [6, 6.07) is 13.2. The van der Waals surface area contributed by atoms with E-state index in [1.807, 2.05) is 50.1 Å². The number of halogens is 1. The van der Waals surface area contributed by atoms with E-state index in [9.17, 15) is 14.3 Å². The molecule has 204 valence electrons. The Labute approximate surface area is 220 Å². The first-order valence-corrected chi connectivity index (χ1v) is 13.1. The lowest BCUT2D eigenvalue weighted by molar-refractivity contribution is -0.0576. The van der Waals surface area contributed by atoms with Crippen LogP contribution in [0.25, 0.3) is 0 Å². The third-order valence-electron chi connectivity index (χ3n) is 7.00. The van der Waals surface area contributed by atoms with E-state index in [-0.39, 0.29) is 17.8 Å². The van der Waals surface area contributed by atoms with Crippen molar-refractivity contribution in [1.29, 1.82) is 0 Å². The molecule has 0 aromatic heterocycles. The first-order chi connectivity index (χ1) is 17.7. The first-order valence-electron chi connectivity index (χ1n) is 13.1. The van der Waals surface area contributed by atoms with Crippen LogP contribution >= 0.6 is 0 Å². The van der Waals surface area contributed by atoms with Crippen molar-refractivity contribution in [2.75, 3.05) is 40.4 Å². The Morgan fingerprint density at radius 2 is 1.89 bits per heavy atom. The number of benzene rings is 2. The molecule has 1 unspecified atom stereocenters. The quantitative estimate of drug-likeness (QED) is 0.345. The van der Waals surface area contributed by atoms with E-state index in [1.165, 1.54) is 12.1 Å². The van der Waals surface area contributed by atoms with E-state index < -0.39 is 11.1 Å². The molecule has 2 atom stereocenters. The number of urea groups is 1. The molecule has 0 aliphatic carbocycles. The Bertz CT molecular complexity index is 1000. The fourth-order valence-corrected chi connectivity index (χ4v) is 5.15. The van der Waals surface area contributed by atoms with Crippen molar-refractivity contribution in [3.05, 3.63) is 59.9 Å². The molecular formula is C29H42FN3O4. The molecule has 3 rings (SSSR count). The molecule has 3 N–H and O–H groups in total. The molecular weight excluding hydrogens is 473 g/mol. The van der Waals surface area contributed by atoms with Crippen LogP contribution in [0.2, 0.25) is 0 Å². The maximum Gasteiger partial charge on any atom is 0.317 e. The Kier molecular flexibility index (Phi) is 10.3. The number of ether oxygens (including phenoxy) is 2. The van der Waals surface area contributed by atoms with Gasteiger partial charge in [-0.2, -0.15) is 0 Å². The second-order valence-electron chi connectivity index (χ2n) is 10.6. The first kappa shape index (κ1) is 28.9. The average Bonchev–Trinajstić information content (AvgIpc) is 2.88.